The molecular weight excluding hydrogens is 273 g/mol. The first-order valence-electron chi connectivity index (χ1n) is 5.35. The van der Waals surface area contributed by atoms with E-state index in [0.717, 1.165) is 17.1 Å². The quantitative estimate of drug-likeness (QED) is 0.912. The number of hydrogen-bond donors (Lipinski definition) is 1. The SMILES string of the molecule is COc1ccc(Cl)cc1CNCc1ccco1.Cl. The van der Waals surface area contributed by atoms with Gasteiger partial charge < -0.3 is 14.5 Å². The van der Waals surface area contributed by atoms with Gasteiger partial charge in [-0.1, -0.05) is 11.6 Å². The largest absolute Gasteiger partial charge is 0.496 e. The summed E-state index contributed by atoms with van der Waals surface area (Å²) in [6.07, 6.45) is 1.66. The van der Waals surface area contributed by atoms with Gasteiger partial charge in [0, 0.05) is 17.1 Å². The van der Waals surface area contributed by atoms with Gasteiger partial charge in [0.05, 0.1) is 19.9 Å². The molecule has 0 amide bonds. The molecule has 18 heavy (non-hydrogen) atoms. The maximum atomic E-state index is 5.95. The minimum absolute atomic E-state index is 0. The van der Waals surface area contributed by atoms with Gasteiger partial charge in [-0.25, -0.2) is 0 Å². The summed E-state index contributed by atoms with van der Waals surface area (Å²) in [5.74, 6) is 1.74. The molecule has 0 aliphatic carbocycles. The fraction of sp³-hybridized carbons (Fsp3) is 0.231. The highest BCUT2D eigenvalue weighted by molar-refractivity contribution is 6.30. The molecule has 98 valence electrons. The van der Waals surface area contributed by atoms with Crippen LogP contribution in [0.25, 0.3) is 0 Å². The molecule has 5 heteroatoms. The van der Waals surface area contributed by atoms with E-state index in [1.165, 1.54) is 0 Å². The highest BCUT2D eigenvalue weighted by Gasteiger charge is 2.03. The normalized spacial score (nSPS) is 9.89. The summed E-state index contributed by atoms with van der Waals surface area (Å²) in [4.78, 5) is 0. The minimum Gasteiger partial charge on any atom is -0.496 e. The summed E-state index contributed by atoms with van der Waals surface area (Å²) in [6.45, 7) is 1.37. The first kappa shape index (κ1) is 14.9. The number of rotatable bonds is 5. The van der Waals surface area contributed by atoms with Gasteiger partial charge in [-0.05, 0) is 30.3 Å². The van der Waals surface area contributed by atoms with Crippen LogP contribution in [-0.4, -0.2) is 7.11 Å². The van der Waals surface area contributed by atoms with Gasteiger partial charge >= 0.3 is 0 Å². The molecule has 0 aliphatic rings. The Morgan fingerprint density at radius 3 is 2.78 bits per heavy atom. The number of ether oxygens (including phenoxy) is 1. The molecule has 0 radical (unpaired) electrons. The average Bonchev–Trinajstić information content (AvgIpc) is 2.82. The highest BCUT2D eigenvalue weighted by atomic mass is 35.5. The molecule has 2 rings (SSSR count). The van der Waals surface area contributed by atoms with Crippen molar-refractivity contribution < 1.29 is 9.15 Å². The fourth-order valence-electron chi connectivity index (χ4n) is 1.62. The van der Waals surface area contributed by atoms with Gasteiger partial charge in [0.25, 0.3) is 0 Å². The molecule has 0 aliphatic heterocycles. The molecule has 1 aromatic carbocycles. The van der Waals surface area contributed by atoms with Crippen molar-refractivity contribution in [2.24, 2.45) is 0 Å². The molecule has 0 saturated carbocycles. The minimum atomic E-state index is 0. The van der Waals surface area contributed by atoms with Gasteiger partial charge in [-0.2, -0.15) is 0 Å². The van der Waals surface area contributed by atoms with Crippen LogP contribution >= 0.6 is 24.0 Å². The van der Waals surface area contributed by atoms with E-state index in [2.05, 4.69) is 5.32 Å². The molecule has 3 nitrogen and oxygen atoms in total. The van der Waals surface area contributed by atoms with Crippen LogP contribution in [0.15, 0.2) is 41.0 Å². The lowest BCUT2D eigenvalue weighted by Gasteiger charge is -2.09. The molecule has 1 aromatic heterocycles. The van der Waals surface area contributed by atoms with Crippen LogP contribution in [0.1, 0.15) is 11.3 Å². The summed E-state index contributed by atoms with van der Waals surface area (Å²) in [7, 11) is 1.65. The Labute approximate surface area is 117 Å². The number of methoxy groups -OCH3 is 1. The van der Waals surface area contributed by atoms with Crippen molar-refractivity contribution >= 4 is 24.0 Å². The Morgan fingerprint density at radius 2 is 2.11 bits per heavy atom. The Hall–Kier alpha value is -1.16. The standard InChI is InChI=1S/C13H14ClNO2.ClH/c1-16-13-5-4-11(14)7-10(13)8-15-9-12-3-2-6-17-12;/h2-7,15H,8-9H2,1H3;1H. The predicted octanol–water partition coefficient (Wildman–Crippen LogP) is 3.65. The lowest BCUT2D eigenvalue weighted by atomic mass is 10.2. The molecule has 0 unspecified atom stereocenters. The van der Waals surface area contributed by atoms with Crippen LogP contribution < -0.4 is 10.1 Å². The highest BCUT2D eigenvalue weighted by Crippen LogP contribution is 2.22. The van der Waals surface area contributed by atoms with Crippen molar-refractivity contribution in [1.29, 1.82) is 0 Å². The Kier molecular flexibility index (Phi) is 6.05. The Bertz CT molecular complexity index is 472. The first-order chi connectivity index (χ1) is 8.29. The molecule has 1 heterocycles. The Morgan fingerprint density at radius 1 is 1.28 bits per heavy atom. The number of benzene rings is 1. The Balaban J connectivity index is 0.00000162. The zero-order valence-electron chi connectivity index (χ0n) is 9.98. The van der Waals surface area contributed by atoms with Crippen LogP contribution in [-0.2, 0) is 13.1 Å². The maximum Gasteiger partial charge on any atom is 0.123 e. The summed E-state index contributed by atoms with van der Waals surface area (Å²) < 4.78 is 10.5. The monoisotopic (exact) mass is 287 g/mol. The smallest absolute Gasteiger partial charge is 0.123 e. The van der Waals surface area contributed by atoms with Crippen LogP contribution in [0.2, 0.25) is 5.02 Å². The van der Waals surface area contributed by atoms with Crippen molar-refractivity contribution in [2.45, 2.75) is 13.1 Å². The summed E-state index contributed by atoms with van der Waals surface area (Å²) in [6, 6.07) is 9.39. The van der Waals surface area contributed by atoms with Crippen molar-refractivity contribution in [1.82, 2.24) is 5.32 Å². The van der Waals surface area contributed by atoms with Crippen LogP contribution in [0.5, 0.6) is 5.75 Å². The second-order valence-electron chi connectivity index (χ2n) is 3.64. The van der Waals surface area contributed by atoms with E-state index in [4.69, 9.17) is 20.8 Å². The van der Waals surface area contributed by atoms with Gasteiger partial charge in [0.15, 0.2) is 0 Å². The van der Waals surface area contributed by atoms with E-state index in [9.17, 15) is 0 Å². The zero-order valence-corrected chi connectivity index (χ0v) is 11.6. The lowest BCUT2D eigenvalue weighted by molar-refractivity contribution is 0.406. The molecule has 0 spiro atoms. The number of hydrogen-bond acceptors (Lipinski definition) is 3. The second kappa shape index (κ2) is 7.31. The van der Waals surface area contributed by atoms with E-state index in [1.54, 1.807) is 13.4 Å². The van der Waals surface area contributed by atoms with Crippen molar-refractivity contribution in [3.05, 3.63) is 52.9 Å². The van der Waals surface area contributed by atoms with Crippen LogP contribution in [0.3, 0.4) is 0 Å². The topological polar surface area (TPSA) is 34.4 Å². The predicted molar refractivity (Wildman–Crippen MR) is 74.5 cm³/mol. The number of furan rings is 1. The van der Waals surface area contributed by atoms with Gasteiger partial charge in [-0.3, -0.25) is 0 Å². The summed E-state index contributed by atoms with van der Waals surface area (Å²) in [5.41, 5.74) is 1.03. The van der Waals surface area contributed by atoms with Gasteiger partial charge in [0.2, 0.25) is 0 Å². The second-order valence-corrected chi connectivity index (χ2v) is 4.08. The van der Waals surface area contributed by atoms with E-state index in [-0.39, 0.29) is 12.4 Å². The van der Waals surface area contributed by atoms with E-state index in [0.29, 0.717) is 18.1 Å². The van der Waals surface area contributed by atoms with E-state index < -0.39 is 0 Å². The molecule has 1 N–H and O–H groups in total. The van der Waals surface area contributed by atoms with Crippen molar-refractivity contribution in [2.75, 3.05) is 7.11 Å². The summed E-state index contributed by atoms with van der Waals surface area (Å²) in [5, 5.41) is 3.98. The number of nitrogens with one attached hydrogen (secondary N) is 1. The molecular formula is C13H15Cl2NO2. The molecule has 0 atom stereocenters. The third-order valence-corrected chi connectivity index (χ3v) is 2.67. The number of halogens is 2. The molecule has 0 fully saturated rings. The average molecular weight is 288 g/mol. The maximum absolute atomic E-state index is 5.95. The van der Waals surface area contributed by atoms with E-state index in [1.807, 2.05) is 30.3 Å². The van der Waals surface area contributed by atoms with Crippen molar-refractivity contribution in [3.8, 4) is 5.75 Å². The van der Waals surface area contributed by atoms with Crippen LogP contribution in [0, 0.1) is 0 Å². The molecule has 0 saturated heterocycles. The van der Waals surface area contributed by atoms with Crippen molar-refractivity contribution in [3.63, 3.8) is 0 Å². The van der Waals surface area contributed by atoms with Gasteiger partial charge in [-0.15, -0.1) is 12.4 Å². The fourth-order valence-corrected chi connectivity index (χ4v) is 1.81. The first-order valence-corrected chi connectivity index (χ1v) is 5.73. The third-order valence-electron chi connectivity index (χ3n) is 2.44. The zero-order chi connectivity index (χ0) is 12.1. The molecule has 2 aromatic rings. The van der Waals surface area contributed by atoms with E-state index >= 15 is 0 Å². The van der Waals surface area contributed by atoms with Crippen LogP contribution in [0.4, 0.5) is 0 Å². The molecule has 0 bridgehead atoms. The van der Waals surface area contributed by atoms with Gasteiger partial charge in [0.1, 0.15) is 11.5 Å². The lowest BCUT2D eigenvalue weighted by Crippen LogP contribution is -2.12. The summed E-state index contributed by atoms with van der Waals surface area (Å²) >= 11 is 5.95. The third kappa shape index (κ3) is 3.95.